The molecule has 5 N–H and O–H groups in total. The summed E-state index contributed by atoms with van der Waals surface area (Å²) in [6.07, 6.45) is -7.38. The predicted octanol–water partition coefficient (Wildman–Crippen LogP) is -0.898. The molecule has 0 aromatic heterocycles. The Morgan fingerprint density at radius 3 is 2.38 bits per heavy atom. The topological polar surface area (TPSA) is 195 Å². The molecule has 0 bridgehead atoms. The zero-order valence-corrected chi connectivity index (χ0v) is 30.9. The van der Waals surface area contributed by atoms with Crippen LogP contribution < -0.4 is 29.6 Å². The fourth-order valence-corrected chi connectivity index (χ4v) is 11.2. The molecule has 0 radical (unpaired) electrons. The van der Waals surface area contributed by atoms with Gasteiger partial charge in [-0.3, -0.25) is 4.18 Å². The predicted molar refractivity (Wildman–Crippen MR) is 165 cm³/mol. The van der Waals surface area contributed by atoms with Crippen LogP contribution in [0, 0.1) is 46.3 Å². The van der Waals surface area contributed by atoms with Gasteiger partial charge in [0.1, 0.15) is 18.3 Å². The number of hydrogen-bond donors (Lipinski definition) is 5. The van der Waals surface area contributed by atoms with E-state index in [2.05, 4.69) is 11.1 Å². The van der Waals surface area contributed by atoms with Gasteiger partial charge in [0.05, 0.1) is 36.6 Å². The summed E-state index contributed by atoms with van der Waals surface area (Å²) in [5.74, 6) is -4.80. The summed E-state index contributed by atoms with van der Waals surface area (Å²) in [5.41, 5.74) is -2.46. The molecular weight excluding hydrogens is 643 g/mol. The van der Waals surface area contributed by atoms with Crippen LogP contribution >= 0.6 is 0 Å². The molecule has 12 nitrogen and oxygen atoms in total. The van der Waals surface area contributed by atoms with Crippen LogP contribution in [-0.2, 0) is 28.8 Å². The summed E-state index contributed by atoms with van der Waals surface area (Å²) >= 11 is 0. The van der Waals surface area contributed by atoms with Crippen molar-refractivity contribution in [1.29, 1.82) is 0 Å². The first-order valence-electron chi connectivity index (χ1n) is 20.0. The second kappa shape index (κ2) is 14.9. The van der Waals surface area contributed by atoms with Crippen LogP contribution in [0.1, 0.15) is 102 Å². The first-order valence-corrected chi connectivity index (χ1v) is 17.9. The standard InChI is InChI=1S/C33H58O12S.Na/c1-17(2)24(44-30-27(37)28(42-6)25(45-30)16-43-46(39,40)41)8-7-18(3)20-14-22(35)29-32(20,5)12-10-26-31(4)11-9-19(34)13-21(31)23(36)15-33(26,29)38;/h17-30,34-38H,7-16H2,1-6H3,(H,39,40,41);/q;+1/p-1/t18-,19+,20-,21-,22+,23+,24+,25+,26-,27-,28+,29-,30-,31+,32-,33+;/m1./s1/i1D3,2D3,17D;. The maximum absolute atomic E-state index is 12.6. The fraction of sp³-hybridized carbons (Fsp3) is 1.00. The molecule has 0 unspecified atom stereocenters. The van der Waals surface area contributed by atoms with E-state index in [-0.39, 0.29) is 78.9 Å². The molecule has 4 saturated carbocycles. The Labute approximate surface area is 312 Å². The first-order chi connectivity index (χ1) is 24.2. The van der Waals surface area contributed by atoms with Crippen molar-refractivity contribution in [2.75, 3.05) is 13.7 Å². The Kier molecular flexibility index (Phi) is 9.85. The Balaban J connectivity index is 0.00000650. The number of aliphatic hydroxyl groups excluding tert-OH is 4. The number of hydrogen-bond acceptors (Lipinski definition) is 12. The Morgan fingerprint density at radius 2 is 1.74 bits per heavy atom. The minimum Gasteiger partial charge on any atom is -0.726 e. The van der Waals surface area contributed by atoms with E-state index < -0.39 is 108 Å². The molecule has 0 amide bonds. The second-order valence-electron chi connectivity index (χ2n) is 15.3. The normalized spacial score (nSPS) is 50.9. The van der Waals surface area contributed by atoms with Crippen LogP contribution in [-0.4, -0.2) is 107 Å². The Hall–Kier alpha value is 0.550. The van der Waals surface area contributed by atoms with Gasteiger partial charge in [0.2, 0.25) is 10.4 Å². The molecule has 14 heteroatoms. The zero-order valence-electron chi connectivity index (χ0n) is 35.1. The van der Waals surface area contributed by atoms with Crippen molar-refractivity contribution >= 4 is 10.4 Å². The molecule has 5 rings (SSSR count). The maximum atomic E-state index is 12.6. The third-order valence-electron chi connectivity index (χ3n) is 12.9. The number of methoxy groups -OCH3 is 1. The van der Waals surface area contributed by atoms with Gasteiger partial charge in [-0.1, -0.05) is 34.5 Å². The molecule has 1 saturated heterocycles. The van der Waals surface area contributed by atoms with Gasteiger partial charge in [0, 0.05) is 29.0 Å². The van der Waals surface area contributed by atoms with Crippen LogP contribution in [0.3, 0.4) is 0 Å². The van der Waals surface area contributed by atoms with Crippen molar-refractivity contribution in [3.8, 4) is 0 Å². The molecule has 1 aliphatic heterocycles. The van der Waals surface area contributed by atoms with Crippen LogP contribution in [0.5, 0.6) is 0 Å². The van der Waals surface area contributed by atoms with E-state index in [4.69, 9.17) is 23.8 Å². The van der Waals surface area contributed by atoms with Gasteiger partial charge in [0.15, 0.2) is 6.29 Å². The van der Waals surface area contributed by atoms with Gasteiger partial charge in [-0.2, -0.15) is 0 Å². The van der Waals surface area contributed by atoms with Crippen molar-refractivity contribution in [2.24, 2.45) is 46.3 Å². The Bertz CT molecular complexity index is 1410. The largest absolute Gasteiger partial charge is 1.00 e. The van der Waals surface area contributed by atoms with Crippen LogP contribution in [0.15, 0.2) is 0 Å². The van der Waals surface area contributed by atoms with Gasteiger partial charge in [-0.25, -0.2) is 8.42 Å². The summed E-state index contributed by atoms with van der Waals surface area (Å²) < 4.78 is 112. The van der Waals surface area contributed by atoms with E-state index >= 15 is 0 Å². The van der Waals surface area contributed by atoms with Gasteiger partial charge in [0.25, 0.3) is 0 Å². The van der Waals surface area contributed by atoms with Crippen LogP contribution in [0.25, 0.3) is 0 Å². The van der Waals surface area contributed by atoms with E-state index in [1.54, 1.807) is 0 Å². The number of ether oxygens (including phenoxy) is 3. The summed E-state index contributed by atoms with van der Waals surface area (Å²) in [4.78, 5) is 0. The average Bonchev–Trinajstić information content (AvgIpc) is 3.48. The summed E-state index contributed by atoms with van der Waals surface area (Å²) in [7, 11) is -4.02. The SMILES string of the molecule is [2H]C([2H])([2H])C([2H])([C@H](CC[C@@H](C)[C@H]1C[C@H](O)[C@@H]2[C@]1(C)CC[C@@H]1[C@@]3(C)CC[C@H](O)C[C@@H]3[C@@H](O)C[C@]12O)O[C@@H]1O[C@@H](COS(=O)(=O)[O-])[C@H](OC)[C@H]1O)C([2H])([2H])[2H].[Na+]. The van der Waals surface area contributed by atoms with Gasteiger partial charge in [-0.15, -0.1) is 0 Å². The third kappa shape index (κ3) is 7.56. The second-order valence-corrected chi connectivity index (χ2v) is 16.4. The van der Waals surface area contributed by atoms with Crippen molar-refractivity contribution in [1.82, 2.24) is 0 Å². The molecule has 47 heavy (non-hydrogen) atoms. The number of aliphatic hydroxyl groups is 5. The molecule has 5 fully saturated rings. The van der Waals surface area contributed by atoms with E-state index in [1.807, 2.05) is 13.8 Å². The van der Waals surface area contributed by atoms with Gasteiger partial charge in [-0.05, 0) is 91.8 Å². The Morgan fingerprint density at radius 1 is 1.06 bits per heavy atom. The summed E-state index contributed by atoms with van der Waals surface area (Å²) in [6.45, 7) is -1.77. The van der Waals surface area contributed by atoms with Gasteiger partial charge >= 0.3 is 29.6 Å². The third-order valence-corrected chi connectivity index (χ3v) is 13.3. The zero-order chi connectivity index (χ0) is 39.9. The van der Waals surface area contributed by atoms with Crippen molar-refractivity contribution < 1.29 is 96.0 Å². The van der Waals surface area contributed by atoms with Gasteiger partial charge < -0.3 is 44.3 Å². The minimum atomic E-state index is -5.17. The monoisotopic (exact) mass is 707 g/mol. The summed E-state index contributed by atoms with van der Waals surface area (Å²) in [5, 5.41) is 57.1. The quantitative estimate of drug-likeness (QED) is 0.101. The summed E-state index contributed by atoms with van der Waals surface area (Å²) in [6, 6.07) is 0. The number of rotatable bonds is 11. The van der Waals surface area contributed by atoms with Crippen molar-refractivity contribution in [3.63, 3.8) is 0 Å². The minimum absolute atomic E-state index is 0. The number of fused-ring (bicyclic) bond motifs is 5. The van der Waals surface area contributed by atoms with Crippen LogP contribution in [0.2, 0.25) is 0 Å². The van der Waals surface area contributed by atoms with E-state index in [0.717, 1.165) is 7.11 Å². The molecule has 0 spiro atoms. The molecule has 4 aliphatic carbocycles. The van der Waals surface area contributed by atoms with E-state index in [1.165, 1.54) is 0 Å². The van der Waals surface area contributed by atoms with Crippen molar-refractivity contribution in [2.45, 2.75) is 147 Å². The molecule has 268 valence electrons. The van der Waals surface area contributed by atoms with Crippen LogP contribution in [0.4, 0.5) is 0 Å². The molecule has 16 atom stereocenters. The molecule has 1 heterocycles. The molecule has 0 aromatic carbocycles. The molecular formula is C33H57NaO12S. The molecule has 0 aromatic rings. The smallest absolute Gasteiger partial charge is 0.726 e. The van der Waals surface area contributed by atoms with Crippen molar-refractivity contribution in [3.05, 3.63) is 0 Å². The average molecular weight is 708 g/mol. The van der Waals surface area contributed by atoms with E-state index in [0.29, 0.717) is 32.1 Å². The fourth-order valence-electron chi connectivity index (χ4n) is 10.9. The maximum Gasteiger partial charge on any atom is 1.00 e. The van der Waals surface area contributed by atoms with E-state index in [9.17, 15) is 38.5 Å². The first kappa shape index (κ1) is 31.1. The molecule has 5 aliphatic rings.